The van der Waals surface area contributed by atoms with Crippen molar-refractivity contribution in [2.75, 3.05) is 34.4 Å². The van der Waals surface area contributed by atoms with Crippen LogP contribution in [0, 0.1) is 5.41 Å². The summed E-state index contributed by atoms with van der Waals surface area (Å²) < 4.78 is 10.5. The summed E-state index contributed by atoms with van der Waals surface area (Å²) in [6, 6.07) is 5.69. The SMILES string of the molecule is COc1ccc(CCN(C)C(=O)CNC(=O)C(C)(C)C)cc1OC. The lowest BCUT2D eigenvalue weighted by atomic mass is 9.96. The Balaban J connectivity index is 2.52. The Bertz CT molecular complexity index is 579. The number of nitrogens with zero attached hydrogens (tertiary/aromatic N) is 1. The van der Waals surface area contributed by atoms with Crippen LogP contribution >= 0.6 is 0 Å². The second kappa shape index (κ2) is 8.57. The second-order valence-corrected chi connectivity index (χ2v) is 6.69. The molecule has 0 aliphatic rings. The molecule has 0 heterocycles. The van der Waals surface area contributed by atoms with Crippen LogP contribution in [-0.4, -0.2) is 51.1 Å². The molecule has 24 heavy (non-hydrogen) atoms. The van der Waals surface area contributed by atoms with E-state index in [0.29, 0.717) is 24.5 Å². The summed E-state index contributed by atoms with van der Waals surface area (Å²) in [5.41, 5.74) is 0.546. The van der Waals surface area contributed by atoms with Gasteiger partial charge in [0.25, 0.3) is 0 Å². The number of carbonyl (C=O) groups is 2. The summed E-state index contributed by atoms with van der Waals surface area (Å²) >= 11 is 0. The number of ether oxygens (including phenoxy) is 2. The van der Waals surface area contributed by atoms with Gasteiger partial charge in [0.1, 0.15) is 0 Å². The van der Waals surface area contributed by atoms with Gasteiger partial charge in [-0.05, 0) is 24.1 Å². The Morgan fingerprint density at radius 2 is 1.75 bits per heavy atom. The fourth-order valence-electron chi connectivity index (χ4n) is 2.01. The maximum Gasteiger partial charge on any atom is 0.241 e. The van der Waals surface area contributed by atoms with Crippen LogP contribution in [0.3, 0.4) is 0 Å². The Morgan fingerprint density at radius 1 is 1.12 bits per heavy atom. The molecular formula is C18H28N2O4. The summed E-state index contributed by atoms with van der Waals surface area (Å²) in [6.45, 7) is 6.01. The summed E-state index contributed by atoms with van der Waals surface area (Å²) in [5, 5.41) is 2.67. The van der Waals surface area contributed by atoms with Crippen LogP contribution in [0.4, 0.5) is 0 Å². The van der Waals surface area contributed by atoms with E-state index in [2.05, 4.69) is 5.32 Å². The highest BCUT2D eigenvalue weighted by molar-refractivity contribution is 5.87. The number of nitrogens with one attached hydrogen (secondary N) is 1. The molecule has 0 atom stereocenters. The van der Waals surface area contributed by atoms with Crippen LogP contribution in [0.5, 0.6) is 11.5 Å². The van der Waals surface area contributed by atoms with Crippen molar-refractivity contribution in [1.82, 2.24) is 10.2 Å². The molecule has 1 rings (SSSR count). The minimum Gasteiger partial charge on any atom is -0.493 e. The Labute approximate surface area is 144 Å². The summed E-state index contributed by atoms with van der Waals surface area (Å²) in [5.74, 6) is 1.09. The van der Waals surface area contributed by atoms with E-state index in [1.807, 2.05) is 39.0 Å². The quantitative estimate of drug-likeness (QED) is 0.825. The number of carbonyl (C=O) groups excluding carboxylic acids is 2. The van der Waals surface area contributed by atoms with Crippen LogP contribution in [-0.2, 0) is 16.0 Å². The van der Waals surface area contributed by atoms with Crippen molar-refractivity contribution >= 4 is 11.8 Å². The number of hydrogen-bond donors (Lipinski definition) is 1. The number of hydrogen-bond acceptors (Lipinski definition) is 4. The van der Waals surface area contributed by atoms with Crippen molar-refractivity contribution in [3.63, 3.8) is 0 Å². The third-order valence-corrected chi connectivity index (χ3v) is 3.69. The number of likely N-dealkylation sites (N-methyl/N-ethyl adjacent to an activating group) is 1. The number of benzene rings is 1. The number of amides is 2. The van der Waals surface area contributed by atoms with Gasteiger partial charge in [0.2, 0.25) is 11.8 Å². The Hall–Kier alpha value is -2.24. The second-order valence-electron chi connectivity index (χ2n) is 6.69. The van der Waals surface area contributed by atoms with Gasteiger partial charge >= 0.3 is 0 Å². The molecule has 0 aliphatic heterocycles. The Kier molecular flexibility index (Phi) is 7.07. The lowest BCUT2D eigenvalue weighted by Crippen LogP contribution is -2.42. The molecule has 1 aromatic carbocycles. The molecule has 1 aromatic rings. The molecule has 0 saturated heterocycles. The average Bonchev–Trinajstić information content (AvgIpc) is 2.55. The van der Waals surface area contributed by atoms with Crippen LogP contribution in [0.1, 0.15) is 26.3 Å². The monoisotopic (exact) mass is 336 g/mol. The van der Waals surface area contributed by atoms with Crippen molar-refractivity contribution in [3.8, 4) is 11.5 Å². The van der Waals surface area contributed by atoms with Gasteiger partial charge in [-0.2, -0.15) is 0 Å². The van der Waals surface area contributed by atoms with Gasteiger partial charge in [-0.1, -0.05) is 26.8 Å². The molecule has 2 amide bonds. The fraction of sp³-hybridized carbons (Fsp3) is 0.556. The predicted octanol–water partition coefficient (Wildman–Crippen LogP) is 1.87. The van der Waals surface area contributed by atoms with Gasteiger partial charge in [-0.15, -0.1) is 0 Å². The van der Waals surface area contributed by atoms with Crippen molar-refractivity contribution in [1.29, 1.82) is 0 Å². The highest BCUT2D eigenvalue weighted by Crippen LogP contribution is 2.27. The maximum atomic E-state index is 12.1. The standard InChI is InChI=1S/C18H28N2O4/c1-18(2,3)17(22)19-12-16(21)20(4)10-9-13-7-8-14(23-5)15(11-13)24-6/h7-8,11H,9-10,12H2,1-6H3,(H,19,22). The summed E-state index contributed by atoms with van der Waals surface area (Å²) in [7, 11) is 4.91. The van der Waals surface area contributed by atoms with E-state index in [0.717, 1.165) is 5.56 Å². The highest BCUT2D eigenvalue weighted by Gasteiger charge is 2.22. The van der Waals surface area contributed by atoms with E-state index in [1.165, 1.54) is 0 Å². The van der Waals surface area contributed by atoms with Gasteiger partial charge in [-0.3, -0.25) is 9.59 Å². The van der Waals surface area contributed by atoms with Gasteiger partial charge in [-0.25, -0.2) is 0 Å². The molecule has 0 aliphatic carbocycles. The molecule has 0 bridgehead atoms. The number of methoxy groups -OCH3 is 2. The molecular weight excluding hydrogens is 308 g/mol. The number of rotatable bonds is 7. The smallest absolute Gasteiger partial charge is 0.241 e. The summed E-state index contributed by atoms with van der Waals surface area (Å²) in [4.78, 5) is 25.5. The van der Waals surface area contributed by atoms with Crippen molar-refractivity contribution in [2.45, 2.75) is 27.2 Å². The van der Waals surface area contributed by atoms with Gasteiger partial charge in [0, 0.05) is 19.0 Å². The zero-order valence-corrected chi connectivity index (χ0v) is 15.4. The fourth-order valence-corrected chi connectivity index (χ4v) is 2.01. The zero-order valence-electron chi connectivity index (χ0n) is 15.4. The lowest BCUT2D eigenvalue weighted by Gasteiger charge is -2.21. The molecule has 0 unspecified atom stereocenters. The van der Waals surface area contributed by atoms with E-state index < -0.39 is 5.41 Å². The summed E-state index contributed by atoms with van der Waals surface area (Å²) in [6.07, 6.45) is 0.690. The minimum atomic E-state index is -0.501. The van der Waals surface area contributed by atoms with Crippen molar-refractivity contribution < 1.29 is 19.1 Å². The lowest BCUT2D eigenvalue weighted by molar-refractivity contribution is -0.134. The third kappa shape index (κ3) is 5.76. The predicted molar refractivity (Wildman–Crippen MR) is 93.4 cm³/mol. The average molecular weight is 336 g/mol. The van der Waals surface area contributed by atoms with Crippen LogP contribution in [0.15, 0.2) is 18.2 Å². The van der Waals surface area contributed by atoms with Gasteiger partial charge in [0.05, 0.1) is 20.8 Å². The van der Waals surface area contributed by atoms with E-state index in [-0.39, 0.29) is 18.4 Å². The Morgan fingerprint density at radius 3 is 2.29 bits per heavy atom. The molecule has 0 spiro atoms. The van der Waals surface area contributed by atoms with E-state index >= 15 is 0 Å². The maximum absolute atomic E-state index is 12.1. The third-order valence-electron chi connectivity index (χ3n) is 3.69. The van der Waals surface area contributed by atoms with E-state index in [1.54, 1.807) is 26.2 Å². The van der Waals surface area contributed by atoms with Crippen LogP contribution < -0.4 is 14.8 Å². The van der Waals surface area contributed by atoms with Crippen LogP contribution in [0.25, 0.3) is 0 Å². The molecule has 0 radical (unpaired) electrons. The molecule has 6 nitrogen and oxygen atoms in total. The molecule has 134 valence electrons. The first-order chi connectivity index (χ1) is 11.2. The minimum absolute atomic E-state index is 0.0124. The van der Waals surface area contributed by atoms with Crippen molar-refractivity contribution in [3.05, 3.63) is 23.8 Å². The van der Waals surface area contributed by atoms with E-state index in [9.17, 15) is 9.59 Å². The molecule has 6 heteroatoms. The molecule has 0 fully saturated rings. The first-order valence-electron chi connectivity index (χ1n) is 7.92. The first-order valence-corrected chi connectivity index (χ1v) is 7.92. The molecule has 0 aromatic heterocycles. The highest BCUT2D eigenvalue weighted by atomic mass is 16.5. The first kappa shape index (κ1) is 19.8. The van der Waals surface area contributed by atoms with E-state index in [4.69, 9.17) is 9.47 Å². The van der Waals surface area contributed by atoms with Gasteiger partial charge < -0.3 is 19.7 Å². The molecule has 1 N–H and O–H groups in total. The van der Waals surface area contributed by atoms with Crippen molar-refractivity contribution in [2.24, 2.45) is 5.41 Å². The van der Waals surface area contributed by atoms with Gasteiger partial charge in [0.15, 0.2) is 11.5 Å². The molecule has 0 saturated carbocycles. The zero-order chi connectivity index (χ0) is 18.3. The largest absolute Gasteiger partial charge is 0.493 e. The topological polar surface area (TPSA) is 67.9 Å². The normalized spacial score (nSPS) is 10.9. The van der Waals surface area contributed by atoms with Crippen LogP contribution in [0.2, 0.25) is 0 Å².